The number of furan rings is 1. The van der Waals surface area contributed by atoms with E-state index in [1.54, 1.807) is 31.6 Å². The molecule has 0 fully saturated rings. The maximum Gasteiger partial charge on any atom is 0.306 e. The number of aromatic nitrogens is 1. The summed E-state index contributed by atoms with van der Waals surface area (Å²) in [7, 11) is 0. The Bertz CT molecular complexity index is 623. The zero-order valence-corrected chi connectivity index (χ0v) is 12.4. The largest absolute Gasteiger partial charge is 0.466 e. The standard InChI is InChI=1S/C16H18N2O4/c1-2-21-16(20)6-5-15(19)18-10-12-8-13(11-17-9-12)14-4-3-7-22-14/h3-4,7-9,11H,2,5-6,10H2,1H3,(H,18,19). The Hall–Kier alpha value is -2.63. The Morgan fingerprint density at radius 2 is 2.18 bits per heavy atom. The van der Waals surface area contributed by atoms with Gasteiger partial charge in [0.1, 0.15) is 5.76 Å². The Morgan fingerprint density at radius 1 is 1.32 bits per heavy atom. The van der Waals surface area contributed by atoms with Crippen molar-refractivity contribution in [2.24, 2.45) is 0 Å². The Labute approximate surface area is 128 Å². The molecule has 2 aromatic heterocycles. The van der Waals surface area contributed by atoms with Crippen molar-refractivity contribution in [3.8, 4) is 11.3 Å². The molecule has 2 aromatic rings. The van der Waals surface area contributed by atoms with Gasteiger partial charge in [0.2, 0.25) is 5.91 Å². The molecule has 0 radical (unpaired) electrons. The van der Waals surface area contributed by atoms with E-state index in [0.717, 1.165) is 16.9 Å². The van der Waals surface area contributed by atoms with Crippen LogP contribution in [0.15, 0.2) is 41.3 Å². The molecule has 0 aliphatic rings. The molecule has 1 N–H and O–H groups in total. The number of nitrogens with zero attached hydrogens (tertiary/aromatic N) is 1. The number of carbonyl (C=O) groups is 2. The van der Waals surface area contributed by atoms with Gasteiger partial charge >= 0.3 is 5.97 Å². The number of rotatable bonds is 7. The normalized spacial score (nSPS) is 10.2. The molecule has 0 aliphatic heterocycles. The highest BCUT2D eigenvalue weighted by atomic mass is 16.5. The molecule has 2 heterocycles. The highest BCUT2D eigenvalue weighted by molar-refractivity contribution is 5.81. The molecule has 0 saturated carbocycles. The Morgan fingerprint density at radius 3 is 2.91 bits per heavy atom. The van der Waals surface area contributed by atoms with Crippen molar-refractivity contribution in [3.63, 3.8) is 0 Å². The summed E-state index contributed by atoms with van der Waals surface area (Å²) in [6.45, 7) is 2.41. The molecular formula is C16H18N2O4. The van der Waals surface area contributed by atoms with Crippen LogP contribution in [0.4, 0.5) is 0 Å². The van der Waals surface area contributed by atoms with Gasteiger partial charge in [0.05, 0.1) is 19.3 Å². The minimum atomic E-state index is -0.362. The summed E-state index contributed by atoms with van der Waals surface area (Å²) in [5.41, 5.74) is 1.71. The van der Waals surface area contributed by atoms with Crippen LogP contribution in [-0.2, 0) is 20.9 Å². The van der Waals surface area contributed by atoms with Crippen molar-refractivity contribution < 1.29 is 18.7 Å². The van der Waals surface area contributed by atoms with Gasteiger partial charge in [0, 0.05) is 30.9 Å². The van der Waals surface area contributed by atoms with E-state index in [2.05, 4.69) is 10.3 Å². The lowest BCUT2D eigenvalue weighted by molar-refractivity contribution is -0.144. The highest BCUT2D eigenvalue weighted by Gasteiger charge is 2.08. The number of hydrogen-bond donors (Lipinski definition) is 1. The van der Waals surface area contributed by atoms with E-state index >= 15 is 0 Å². The molecular weight excluding hydrogens is 284 g/mol. The SMILES string of the molecule is CCOC(=O)CCC(=O)NCc1cncc(-c2ccco2)c1. The fraction of sp³-hybridized carbons (Fsp3) is 0.312. The van der Waals surface area contributed by atoms with Gasteiger partial charge in [-0.3, -0.25) is 14.6 Å². The van der Waals surface area contributed by atoms with Crippen LogP contribution in [-0.4, -0.2) is 23.5 Å². The summed E-state index contributed by atoms with van der Waals surface area (Å²) < 4.78 is 10.1. The first-order chi connectivity index (χ1) is 10.7. The van der Waals surface area contributed by atoms with E-state index in [1.165, 1.54) is 0 Å². The molecule has 2 rings (SSSR count). The number of ether oxygens (including phenoxy) is 1. The molecule has 6 heteroatoms. The lowest BCUT2D eigenvalue weighted by Gasteiger charge is -2.06. The highest BCUT2D eigenvalue weighted by Crippen LogP contribution is 2.19. The Kier molecular flexibility index (Phi) is 5.71. The van der Waals surface area contributed by atoms with Gasteiger partial charge < -0.3 is 14.5 Å². The molecule has 0 unspecified atom stereocenters. The van der Waals surface area contributed by atoms with Crippen LogP contribution in [0.3, 0.4) is 0 Å². The van der Waals surface area contributed by atoms with Crippen molar-refractivity contribution in [1.82, 2.24) is 10.3 Å². The van der Waals surface area contributed by atoms with Gasteiger partial charge in [-0.15, -0.1) is 0 Å². The fourth-order valence-corrected chi connectivity index (χ4v) is 1.90. The molecule has 0 spiro atoms. The van der Waals surface area contributed by atoms with Crippen LogP contribution in [0.5, 0.6) is 0 Å². The third kappa shape index (κ3) is 4.73. The van der Waals surface area contributed by atoms with Crippen molar-refractivity contribution in [1.29, 1.82) is 0 Å². The first-order valence-corrected chi connectivity index (χ1v) is 7.09. The van der Waals surface area contributed by atoms with Gasteiger partial charge in [0.15, 0.2) is 0 Å². The summed E-state index contributed by atoms with van der Waals surface area (Å²) in [6, 6.07) is 5.55. The number of pyridine rings is 1. The van der Waals surface area contributed by atoms with E-state index in [4.69, 9.17) is 9.15 Å². The minimum absolute atomic E-state index is 0.0877. The van der Waals surface area contributed by atoms with Crippen LogP contribution in [0.1, 0.15) is 25.3 Å². The fourth-order valence-electron chi connectivity index (χ4n) is 1.90. The first kappa shape index (κ1) is 15.8. The van der Waals surface area contributed by atoms with Crippen LogP contribution in [0, 0.1) is 0 Å². The number of esters is 1. The van der Waals surface area contributed by atoms with Crippen molar-refractivity contribution in [3.05, 3.63) is 42.4 Å². The molecule has 0 atom stereocenters. The second-order valence-corrected chi connectivity index (χ2v) is 4.64. The number of carbonyl (C=O) groups excluding carboxylic acids is 2. The molecule has 0 aliphatic carbocycles. The van der Waals surface area contributed by atoms with Gasteiger partial charge in [-0.1, -0.05) is 0 Å². The van der Waals surface area contributed by atoms with Crippen molar-refractivity contribution in [2.45, 2.75) is 26.3 Å². The molecule has 6 nitrogen and oxygen atoms in total. The summed E-state index contributed by atoms with van der Waals surface area (Å²) >= 11 is 0. The van der Waals surface area contributed by atoms with E-state index in [9.17, 15) is 9.59 Å². The second-order valence-electron chi connectivity index (χ2n) is 4.64. The number of nitrogens with one attached hydrogen (secondary N) is 1. The second kappa shape index (κ2) is 7.97. The molecule has 1 amide bonds. The maximum absolute atomic E-state index is 11.7. The monoisotopic (exact) mass is 302 g/mol. The predicted octanol–water partition coefficient (Wildman–Crippen LogP) is 2.30. The Balaban J connectivity index is 1.83. The van der Waals surface area contributed by atoms with Crippen molar-refractivity contribution in [2.75, 3.05) is 6.61 Å². The van der Waals surface area contributed by atoms with Crippen LogP contribution < -0.4 is 5.32 Å². The van der Waals surface area contributed by atoms with Crippen LogP contribution >= 0.6 is 0 Å². The lowest BCUT2D eigenvalue weighted by atomic mass is 10.1. The number of hydrogen-bond acceptors (Lipinski definition) is 5. The summed E-state index contributed by atoms with van der Waals surface area (Å²) in [6.07, 6.45) is 5.18. The van der Waals surface area contributed by atoms with E-state index < -0.39 is 0 Å². The van der Waals surface area contributed by atoms with Crippen LogP contribution in [0.2, 0.25) is 0 Å². The van der Waals surface area contributed by atoms with Crippen molar-refractivity contribution >= 4 is 11.9 Å². The van der Waals surface area contributed by atoms with Gasteiger partial charge in [-0.05, 0) is 30.7 Å². The van der Waals surface area contributed by atoms with Crippen LogP contribution in [0.25, 0.3) is 11.3 Å². The van der Waals surface area contributed by atoms with E-state index in [0.29, 0.717) is 13.2 Å². The molecule has 116 valence electrons. The third-order valence-corrected chi connectivity index (χ3v) is 2.95. The summed E-state index contributed by atoms with van der Waals surface area (Å²) in [5, 5.41) is 2.75. The summed E-state index contributed by atoms with van der Waals surface area (Å²) in [4.78, 5) is 27.0. The maximum atomic E-state index is 11.7. The zero-order chi connectivity index (χ0) is 15.8. The first-order valence-electron chi connectivity index (χ1n) is 7.09. The molecule has 0 saturated heterocycles. The zero-order valence-electron chi connectivity index (χ0n) is 12.4. The van der Waals surface area contributed by atoms with E-state index in [-0.39, 0.29) is 24.7 Å². The summed E-state index contributed by atoms with van der Waals surface area (Å²) in [5.74, 6) is 0.165. The molecule has 0 aromatic carbocycles. The third-order valence-electron chi connectivity index (χ3n) is 2.95. The quantitative estimate of drug-likeness (QED) is 0.794. The van der Waals surface area contributed by atoms with E-state index in [1.807, 2.05) is 12.1 Å². The molecule has 0 bridgehead atoms. The van der Waals surface area contributed by atoms with Gasteiger partial charge in [0.25, 0.3) is 0 Å². The molecule has 22 heavy (non-hydrogen) atoms. The van der Waals surface area contributed by atoms with Gasteiger partial charge in [-0.25, -0.2) is 0 Å². The smallest absolute Gasteiger partial charge is 0.306 e. The number of amides is 1. The average molecular weight is 302 g/mol. The average Bonchev–Trinajstić information content (AvgIpc) is 3.06. The van der Waals surface area contributed by atoms with Gasteiger partial charge in [-0.2, -0.15) is 0 Å². The predicted molar refractivity (Wildman–Crippen MR) is 79.7 cm³/mol. The lowest BCUT2D eigenvalue weighted by Crippen LogP contribution is -2.23. The topological polar surface area (TPSA) is 81.4 Å². The minimum Gasteiger partial charge on any atom is -0.466 e.